The minimum absolute atomic E-state index is 0.164. The molecule has 0 fully saturated rings. The second-order valence-corrected chi connectivity index (χ2v) is 4.87. The molecule has 22 heavy (non-hydrogen) atoms. The molecule has 0 aromatic heterocycles. The molecule has 0 bridgehead atoms. The molecule has 0 aliphatic heterocycles. The zero-order valence-corrected chi connectivity index (χ0v) is 13.2. The lowest BCUT2D eigenvalue weighted by Gasteiger charge is -2.09. The van der Waals surface area contributed by atoms with Gasteiger partial charge in [-0.25, -0.2) is 0 Å². The molecule has 1 aromatic carbocycles. The van der Waals surface area contributed by atoms with Crippen LogP contribution in [0.25, 0.3) is 0 Å². The van der Waals surface area contributed by atoms with Crippen LogP contribution in [-0.4, -0.2) is 25.5 Å². The number of hydrazine groups is 1. The number of carbonyl (C=O) groups excluding carboxylic acids is 2. The SMILES string of the molecule is CCCCCCC(=O)NNC(=O)COc1ccc(OC)cc1. The molecule has 0 saturated heterocycles. The van der Waals surface area contributed by atoms with Crippen molar-refractivity contribution in [3.63, 3.8) is 0 Å². The fourth-order valence-electron chi connectivity index (χ4n) is 1.77. The molecule has 0 saturated carbocycles. The highest BCUT2D eigenvalue weighted by Gasteiger charge is 2.05. The number of nitrogens with one attached hydrogen (secondary N) is 2. The summed E-state index contributed by atoms with van der Waals surface area (Å²) in [5.74, 6) is 0.681. The Balaban J connectivity index is 2.16. The molecule has 0 unspecified atom stereocenters. The number of methoxy groups -OCH3 is 1. The van der Waals surface area contributed by atoms with Crippen LogP contribution >= 0.6 is 0 Å². The van der Waals surface area contributed by atoms with Crippen LogP contribution in [0.3, 0.4) is 0 Å². The second kappa shape index (κ2) is 10.5. The van der Waals surface area contributed by atoms with Gasteiger partial charge in [-0.3, -0.25) is 20.4 Å². The highest BCUT2D eigenvalue weighted by Crippen LogP contribution is 2.16. The van der Waals surface area contributed by atoms with Gasteiger partial charge in [0.15, 0.2) is 6.61 Å². The highest BCUT2D eigenvalue weighted by molar-refractivity contribution is 5.82. The number of carbonyl (C=O) groups is 2. The van der Waals surface area contributed by atoms with E-state index in [2.05, 4.69) is 17.8 Å². The molecule has 6 nitrogen and oxygen atoms in total. The third kappa shape index (κ3) is 7.52. The predicted molar refractivity (Wildman–Crippen MR) is 83.5 cm³/mol. The van der Waals surface area contributed by atoms with Gasteiger partial charge in [0.25, 0.3) is 5.91 Å². The molecule has 2 amide bonds. The zero-order chi connectivity index (χ0) is 16.2. The standard InChI is InChI=1S/C16H24N2O4/c1-3-4-5-6-7-15(19)17-18-16(20)12-22-14-10-8-13(21-2)9-11-14/h8-11H,3-7,12H2,1-2H3,(H,17,19)(H,18,20). The van der Waals surface area contributed by atoms with Crippen LogP contribution in [0.5, 0.6) is 11.5 Å². The molecule has 122 valence electrons. The fraction of sp³-hybridized carbons (Fsp3) is 0.500. The maximum Gasteiger partial charge on any atom is 0.276 e. The van der Waals surface area contributed by atoms with Gasteiger partial charge in [-0.15, -0.1) is 0 Å². The summed E-state index contributed by atoms with van der Waals surface area (Å²) in [6.07, 6.45) is 4.52. The van der Waals surface area contributed by atoms with Crippen molar-refractivity contribution in [3.8, 4) is 11.5 Å². The van der Waals surface area contributed by atoms with E-state index in [0.717, 1.165) is 25.7 Å². The third-order valence-corrected chi connectivity index (χ3v) is 3.03. The molecule has 0 heterocycles. The van der Waals surface area contributed by atoms with Crippen LogP contribution in [0.2, 0.25) is 0 Å². The predicted octanol–water partition coefficient (Wildman–Crippen LogP) is 2.19. The molecular weight excluding hydrogens is 284 g/mol. The molecule has 0 atom stereocenters. The summed E-state index contributed by atoms with van der Waals surface area (Å²) in [7, 11) is 1.58. The van der Waals surface area contributed by atoms with Gasteiger partial charge < -0.3 is 9.47 Å². The summed E-state index contributed by atoms with van der Waals surface area (Å²) in [6.45, 7) is 1.95. The maximum absolute atomic E-state index is 11.5. The molecule has 0 radical (unpaired) electrons. The first-order valence-corrected chi connectivity index (χ1v) is 7.50. The summed E-state index contributed by atoms with van der Waals surface area (Å²) < 4.78 is 10.3. The molecule has 0 aliphatic carbocycles. The van der Waals surface area contributed by atoms with Crippen LogP contribution in [0, 0.1) is 0 Å². The summed E-state index contributed by atoms with van der Waals surface area (Å²) in [5.41, 5.74) is 4.70. The number of amides is 2. The second-order valence-electron chi connectivity index (χ2n) is 4.87. The van der Waals surface area contributed by atoms with Crippen molar-refractivity contribution in [1.82, 2.24) is 10.9 Å². The van der Waals surface area contributed by atoms with E-state index >= 15 is 0 Å². The van der Waals surface area contributed by atoms with E-state index in [1.54, 1.807) is 31.4 Å². The lowest BCUT2D eigenvalue weighted by Crippen LogP contribution is -2.43. The average molecular weight is 308 g/mol. The molecule has 0 spiro atoms. The molecule has 2 N–H and O–H groups in total. The Bertz CT molecular complexity index is 460. The van der Waals surface area contributed by atoms with Crippen molar-refractivity contribution in [3.05, 3.63) is 24.3 Å². The van der Waals surface area contributed by atoms with Crippen molar-refractivity contribution in [2.45, 2.75) is 39.0 Å². The van der Waals surface area contributed by atoms with Crippen LogP contribution in [-0.2, 0) is 9.59 Å². The van der Waals surface area contributed by atoms with Gasteiger partial charge in [0.05, 0.1) is 7.11 Å². The number of ether oxygens (including phenoxy) is 2. The Morgan fingerprint density at radius 3 is 2.23 bits per heavy atom. The van der Waals surface area contributed by atoms with E-state index in [1.165, 1.54) is 0 Å². The van der Waals surface area contributed by atoms with E-state index in [1.807, 2.05) is 0 Å². The zero-order valence-electron chi connectivity index (χ0n) is 13.2. The average Bonchev–Trinajstić information content (AvgIpc) is 2.55. The van der Waals surface area contributed by atoms with E-state index in [-0.39, 0.29) is 12.5 Å². The lowest BCUT2D eigenvalue weighted by molar-refractivity contribution is -0.130. The molecule has 1 rings (SSSR count). The van der Waals surface area contributed by atoms with Crippen molar-refractivity contribution in [1.29, 1.82) is 0 Å². The van der Waals surface area contributed by atoms with E-state index < -0.39 is 5.91 Å². The van der Waals surface area contributed by atoms with Gasteiger partial charge in [-0.1, -0.05) is 26.2 Å². The van der Waals surface area contributed by atoms with Crippen LogP contribution in [0.4, 0.5) is 0 Å². The number of rotatable bonds is 9. The first kappa shape index (κ1) is 17.8. The Labute approximate surface area is 131 Å². The Hall–Kier alpha value is -2.24. The van der Waals surface area contributed by atoms with Gasteiger partial charge in [0, 0.05) is 6.42 Å². The quantitative estimate of drug-likeness (QED) is 0.541. The van der Waals surface area contributed by atoms with Crippen molar-refractivity contribution >= 4 is 11.8 Å². The van der Waals surface area contributed by atoms with Gasteiger partial charge >= 0.3 is 0 Å². The van der Waals surface area contributed by atoms with Gasteiger partial charge in [-0.2, -0.15) is 0 Å². The Morgan fingerprint density at radius 1 is 0.955 bits per heavy atom. The van der Waals surface area contributed by atoms with Crippen molar-refractivity contribution in [2.75, 3.05) is 13.7 Å². The molecule has 0 aliphatic rings. The first-order chi connectivity index (χ1) is 10.7. The monoisotopic (exact) mass is 308 g/mol. The molecule has 1 aromatic rings. The number of hydrogen-bond donors (Lipinski definition) is 2. The Kier molecular flexibility index (Phi) is 8.49. The smallest absolute Gasteiger partial charge is 0.276 e. The van der Waals surface area contributed by atoms with Crippen LogP contribution in [0.1, 0.15) is 39.0 Å². The first-order valence-electron chi connectivity index (χ1n) is 7.50. The van der Waals surface area contributed by atoms with Gasteiger partial charge in [-0.05, 0) is 30.7 Å². The topological polar surface area (TPSA) is 76.7 Å². The maximum atomic E-state index is 11.5. The third-order valence-electron chi connectivity index (χ3n) is 3.03. The summed E-state index contributed by atoms with van der Waals surface area (Å²) in [5, 5.41) is 0. The summed E-state index contributed by atoms with van der Waals surface area (Å²) >= 11 is 0. The largest absolute Gasteiger partial charge is 0.497 e. The van der Waals surface area contributed by atoms with Gasteiger partial charge in [0.2, 0.25) is 5.91 Å². The lowest BCUT2D eigenvalue weighted by atomic mass is 10.1. The fourth-order valence-corrected chi connectivity index (χ4v) is 1.77. The highest BCUT2D eigenvalue weighted by atomic mass is 16.5. The van der Waals surface area contributed by atoms with Gasteiger partial charge in [0.1, 0.15) is 11.5 Å². The van der Waals surface area contributed by atoms with E-state index in [9.17, 15) is 9.59 Å². The van der Waals surface area contributed by atoms with Crippen LogP contribution in [0.15, 0.2) is 24.3 Å². The molecule has 6 heteroatoms. The summed E-state index contributed by atoms with van der Waals surface area (Å²) in [4.78, 5) is 23.0. The number of unbranched alkanes of at least 4 members (excludes halogenated alkanes) is 3. The number of hydrogen-bond acceptors (Lipinski definition) is 4. The van der Waals surface area contributed by atoms with Crippen molar-refractivity contribution in [2.24, 2.45) is 0 Å². The van der Waals surface area contributed by atoms with E-state index in [0.29, 0.717) is 17.9 Å². The minimum atomic E-state index is -0.405. The normalized spacial score (nSPS) is 9.91. The molecular formula is C16H24N2O4. The number of benzene rings is 1. The summed E-state index contributed by atoms with van der Waals surface area (Å²) in [6, 6.07) is 6.90. The van der Waals surface area contributed by atoms with Crippen molar-refractivity contribution < 1.29 is 19.1 Å². The minimum Gasteiger partial charge on any atom is -0.497 e. The van der Waals surface area contributed by atoms with E-state index in [4.69, 9.17) is 9.47 Å². The Morgan fingerprint density at radius 2 is 1.59 bits per heavy atom. The van der Waals surface area contributed by atoms with Crippen LogP contribution < -0.4 is 20.3 Å².